The van der Waals surface area contributed by atoms with Gasteiger partial charge in [0.1, 0.15) is 5.82 Å². The number of urea groups is 1. The van der Waals surface area contributed by atoms with Gasteiger partial charge in [0.25, 0.3) is 0 Å². The Kier molecular flexibility index (Phi) is 6.09. The molecule has 1 aromatic carbocycles. The number of piperazine rings is 1. The van der Waals surface area contributed by atoms with E-state index in [1.54, 1.807) is 12.3 Å². The zero-order valence-electron chi connectivity index (χ0n) is 16.7. The summed E-state index contributed by atoms with van der Waals surface area (Å²) in [5.74, 6) is 1.21. The van der Waals surface area contributed by atoms with Crippen LogP contribution in [0.4, 0.5) is 22.2 Å². The van der Waals surface area contributed by atoms with E-state index in [0.29, 0.717) is 17.8 Å². The fourth-order valence-corrected chi connectivity index (χ4v) is 3.99. The molecule has 2 amide bonds. The Morgan fingerprint density at radius 3 is 2.48 bits per heavy atom. The third kappa shape index (κ3) is 5.35. The number of nitrogen functional groups attached to an aromatic ring is 1. The van der Waals surface area contributed by atoms with Gasteiger partial charge in [0.05, 0.1) is 0 Å². The lowest BCUT2D eigenvalue weighted by atomic mass is 10.2. The summed E-state index contributed by atoms with van der Waals surface area (Å²) in [4.78, 5) is 25.3. The zero-order valence-corrected chi connectivity index (χ0v) is 16.7. The number of hydrogen-bond donors (Lipinski definition) is 3. The molecule has 1 saturated heterocycles. The van der Waals surface area contributed by atoms with E-state index in [9.17, 15) is 4.79 Å². The number of hydrogen-bond acceptors (Lipinski definition) is 6. The predicted octanol–water partition coefficient (Wildman–Crippen LogP) is 2.45. The molecule has 0 unspecified atom stereocenters. The van der Waals surface area contributed by atoms with Crippen molar-refractivity contribution in [2.24, 2.45) is 0 Å². The number of carbonyl (C=O) groups is 1. The number of benzene rings is 1. The Labute approximate surface area is 171 Å². The Balaban J connectivity index is 1.23. The first kappa shape index (κ1) is 19.4. The van der Waals surface area contributed by atoms with E-state index in [-0.39, 0.29) is 6.03 Å². The highest BCUT2D eigenvalue weighted by Crippen LogP contribution is 2.18. The third-order valence-electron chi connectivity index (χ3n) is 5.63. The molecule has 29 heavy (non-hydrogen) atoms. The van der Waals surface area contributed by atoms with E-state index in [1.807, 2.05) is 12.1 Å². The smallest absolute Gasteiger partial charge is 0.319 e. The monoisotopic (exact) mass is 395 g/mol. The van der Waals surface area contributed by atoms with Crippen LogP contribution in [0.5, 0.6) is 0 Å². The predicted molar refractivity (Wildman–Crippen MR) is 115 cm³/mol. The van der Waals surface area contributed by atoms with Crippen LogP contribution < -0.4 is 21.3 Å². The topological polar surface area (TPSA) is 99.4 Å². The van der Waals surface area contributed by atoms with Crippen LogP contribution >= 0.6 is 0 Å². The molecule has 2 aromatic rings. The van der Waals surface area contributed by atoms with Gasteiger partial charge in [-0.25, -0.2) is 9.78 Å². The quantitative estimate of drug-likeness (QED) is 0.719. The second kappa shape index (κ2) is 9.09. The van der Waals surface area contributed by atoms with Crippen molar-refractivity contribution >= 4 is 23.5 Å². The van der Waals surface area contributed by atoms with Crippen LogP contribution in [-0.4, -0.2) is 53.1 Å². The standard InChI is InChI=1S/C21H29N7O/c22-19-9-10-23-20(26-19)28-13-11-27(12-14-28)15-16-5-7-18(8-6-16)25-21(29)24-17-3-1-2-4-17/h5-10,17H,1-4,11-15H2,(H2,22,23,26)(H2,24,25,29). The molecule has 0 bridgehead atoms. The highest BCUT2D eigenvalue weighted by Gasteiger charge is 2.19. The average molecular weight is 396 g/mol. The Hall–Kier alpha value is -2.87. The number of anilines is 3. The molecule has 1 aromatic heterocycles. The number of amides is 2. The van der Waals surface area contributed by atoms with E-state index in [2.05, 4.69) is 42.5 Å². The minimum absolute atomic E-state index is 0.107. The van der Waals surface area contributed by atoms with Gasteiger partial charge < -0.3 is 21.3 Å². The fourth-order valence-electron chi connectivity index (χ4n) is 3.99. The van der Waals surface area contributed by atoms with E-state index in [4.69, 9.17) is 5.73 Å². The lowest BCUT2D eigenvalue weighted by Crippen LogP contribution is -2.46. The van der Waals surface area contributed by atoms with Crippen molar-refractivity contribution in [3.63, 3.8) is 0 Å². The third-order valence-corrected chi connectivity index (χ3v) is 5.63. The highest BCUT2D eigenvalue weighted by atomic mass is 16.2. The maximum atomic E-state index is 12.1. The van der Waals surface area contributed by atoms with Gasteiger partial charge in [-0.15, -0.1) is 0 Å². The Morgan fingerprint density at radius 1 is 1.07 bits per heavy atom. The Morgan fingerprint density at radius 2 is 1.79 bits per heavy atom. The summed E-state index contributed by atoms with van der Waals surface area (Å²) in [6, 6.07) is 10.0. The van der Waals surface area contributed by atoms with Crippen molar-refractivity contribution in [3.05, 3.63) is 42.1 Å². The number of nitrogens with two attached hydrogens (primary N) is 1. The van der Waals surface area contributed by atoms with Gasteiger partial charge in [-0.1, -0.05) is 25.0 Å². The lowest BCUT2D eigenvalue weighted by Gasteiger charge is -2.34. The molecule has 8 nitrogen and oxygen atoms in total. The normalized spacial score (nSPS) is 18.0. The van der Waals surface area contributed by atoms with E-state index < -0.39 is 0 Å². The number of nitrogens with zero attached hydrogens (tertiary/aromatic N) is 4. The van der Waals surface area contributed by atoms with Crippen molar-refractivity contribution in [2.45, 2.75) is 38.3 Å². The first-order valence-corrected chi connectivity index (χ1v) is 10.4. The molecule has 154 valence electrons. The van der Waals surface area contributed by atoms with Crippen LogP contribution in [0.1, 0.15) is 31.2 Å². The van der Waals surface area contributed by atoms with E-state index in [1.165, 1.54) is 18.4 Å². The summed E-state index contributed by atoms with van der Waals surface area (Å²) in [7, 11) is 0. The molecule has 1 saturated carbocycles. The van der Waals surface area contributed by atoms with Crippen LogP contribution in [0.25, 0.3) is 0 Å². The van der Waals surface area contributed by atoms with Gasteiger partial charge in [0, 0.05) is 50.6 Å². The molecule has 2 fully saturated rings. The molecule has 4 N–H and O–H groups in total. The van der Waals surface area contributed by atoms with E-state index in [0.717, 1.165) is 51.3 Å². The summed E-state index contributed by atoms with van der Waals surface area (Å²) >= 11 is 0. The van der Waals surface area contributed by atoms with Crippen molar-refractivity contribution in [3.8, 4) is 0 Å². The SMILES string of the molecule is Nc1ccnc(N2CCN(Cc3ccc(NC(=O)NC4CCCC4)cc3)CC2)n1. The van der Waals surface area contributed by atoms with Gasteiger partial charge in [-0.05, 0) is 36.6 Å². The summed E-state index contributed by atoms with van der Waals surface area (Å²) in [6.07, 6.45) is 6.29. The minimum Gasteiger partial charge on any atom is -0.384 e. The maximum absolute atomic E-state index is 12.1. The van der Waals surface area contributed by atoms with Crippen LogP contribution in [0.3, 0.4) is 0 Å². The fraction of sp³-hybridized carbons (Fsp3) is 0.476. The number of rotatable bonds is 5. The largest absolute Gasteiger partial charge is 0.384 e. The van der Waals surface area contributed by atoms with Crippen molar-refractivity contribution in [1.82, 2.24) is 20.2 Å². The second-order valence-electron chi connectivity index (χ2n) is 7.82. The average Bonchev–Trinajstić information content (AvgIpc) is 3.23. The highest BCUT2D eigenvalue weighted by molar-refractivity contribution is 5.89. The molecule has 4 rings (SSSR count). The summed E-state index contributed by atoms with van der Waals surface area (Å²) in [5, 5.41) is 5.98. The summed E-state index contributed by atoms with van der Waals surface area (Å²) in [6.45, 7) is 4.54. The second-order valence-corrected chi connectivity index (χ2v) is 7.82. The number of carbonyl (C=O) groups excluding carboxylic acids is 1. The lowest BCUT2D eigenvalue weighted by molar-refractivity contribution is 0.248. The Bertz CT molecular complexity index is 812. The van der Waals surface area contributed by atoms with Gasteiger partial charge in [-0.3, -0.25) is 4.90 Å². The summed E-state index contributed by atoms with van der Waals surface area (Å²) in [5.41, 5.74) is 7.82. The first-order chi connectivity index (χ1) is 14.2. The van der Waals surface area contributed by atoms with Crippen LogP contribution in [0.2, 0.25) is 0 Å². The number of aromatic nitrogens is 2. The molecule has 1 aliphatic carbocycles. The molecule has 2 aliphatic rings. The summed E-state index contributed by atoms with van der Waals surface area (Å²) < 4.78 is 0. The van der Waals surface area contributed by atoms with E-state index >= 15 is 0 Å². The molecule has 0 radical (unpaired) electrons. The molecule has 2 heterocycles. The first-order valence-electron chi connectivity index (χ1n) is 10.4. The van der Waals surface area contributed by atoms with Gasteiger partial charge >= 0.3 is 6.03 Å². The van der Waals surface area contributed by atoms with Gasteiger partial charge in [0.2, 0.25) is 5.95 Å². The molecular weight excluding hydrogens is 366 g/mol. The van der Waals surface area contributed by atoms with Crippen molar-refractivity contribution < 1.29 is 4.79 Å². The van der Waals surface area contributed by atoms with Crippen molar-refractivity contribution in [2.75, 3.05) is 42.1 Å². The molecule has 0 spiro atoms. The molecule has 0 atom stereocenters. The zero-order chi connectivity index (χ0) is 20.1. The minimum atomic E-state index is -0.107. The maximum Gasteiger partial charge on any atom is 0.319 e. The van der Waals surface area contributed by atoms with Crippen LogP contribution in [0, 0.1) is 0 Å². The van der Waals surface area contributed by atoms with Gasteiger partial charge in [-0.2, -0.15) is 4.98 Å². The molecule has 1 aliphatic heterocycles. The number of nitrogens with one attached hydrogen (secondary N) is 2. The molecular formula is C21H29N7O. The van der Waals surface area contributed by atoms with Gasteiger partial charge in [0.15, 0.2) is 0 Å². The van der Waals surface area contributed by atoms with Crippen LogP contribution in [0.15, 0.2) is 36.5 Å². The van der Waals surface area contributed by atoms with Crippen LogP contribution in [-0.2, 0) is 6.54 Å². The van der Waals surface area contributed by atoms with Crippen molar-refractivity contribution in [1.29, 1.82) is 0 Å². The molecule has 8 heteroatoms.